The molecule has 1 aliphatic rings. The van der Waals surface area contributed by atoms with Crippen molar-refractivity contribution in [3.05, 3.63) is 0 Å². The number of hydrogen-bond acceptors (Lipinski definition) is 2. The largest absolute Gasteiger partial charge is 0.305 e. The van der Waals surface area contributed by atoms with Crippen LogP contribution in [-0.2, 0) is 10.8 Å². The van der Waals surface area contributed by atoms with Gasteiger partial charge in [-0.1, -0.05) is 13.8 Å². The molecule has 1 unspecified atom stereocenters. The summed E-state index contributed by atoms with van der Waals surface area (Å²) in [7, 11) is 1.49. The molecule has 3 heteroatoms. The first-order valence-electron chi connectivity index (χ1n) is 4.69. The van der Waals surface area contributed by atoms with E-state index in [9.17, 15) is 4.21 Å². The molecule has 1 rings (SSSR count). The number of piperidine rings is 1. The zero-order chi connectivity index (χ0) is 9.14. The molecular weight excluding hydrogens is 170 g/mol. The summed E-state index contributed by atoms with van der Waals surface area (Å²) in [6, 6.07) is 0. The molecule has 2 nitrogen and oxygen atoms in total. The Hall–Kier alpha value is 0.110. The van der Waals surface area contributed by atoms with E-state index in [0.717, 1.165) is 13.0 Å². The minimum Gasteiger partial charge on any atom is -0.305 e. The molecule has 0 N–H and O–H groups in total. The summed E-state index contributed by atoms with van der Waals surface area (Å²) in [5.41, 5.74) is 0. The zero-order valence-corrected chi connectivity index (χ0v) is 9.06. The standard InChI is InChI=1S/C9H19NOS/c1-8(2)12(11)9-5-4-6-10(3)7-9/h8-9H,4-7H2,1-3H3/t9-,12?/m1/s1. The van der Waals surface area contributed by atoms with Crippen molar-refractivity contribution in [2.24, 2.45) is 0 Å². The van der Waals surface area contributed by atoms with Gasteiger partial charge >= 0.3 is 0 Å². The van der Waals surface area contributed by atoms with Crippen molar-refractivity contribution in [2.75, 3.05) is 20.1 Å². The maximum atomic E-state index is 11.7. The van der Waals surface area contributed by atoms with Crippen molar-refractivity contribution in [3.8, 4) is 0 Å². The molecule has 12 heavy (non-hydrogen) atoms. The highest BCUT2D eigenvalue weighted by Crippen LogP contribution is 2.16. The van der Waals surface area contributed by atoms with Gasteiger partial charge in [-0.05, 0) is 26.4 Å². The van der Waals surface area contributed by atoms with E-state index in [-0.39, 0.29) is 0 Å². The molecule has 0 aromatic heterocycles. The van der Waals surface area contributed by atoms with E-state index >= 15 is 0 Å². The van der Waals surface area contributed by atoms with Crippen LogP contribution in [0.1, 0.15) is 26.7 Å². The Morgan fingerprint density at radius 3 is 2.67 bits per heavy atom. The van der Waals surface area contributed by atoms with Crippen molar-refractivity contribution < 1.29 is 4.21 Å². The van der Waals surface area contributed by atoms with Gasteiger partial charge in [-0.25, -0.2) is 0 Å². The van der Waals surface area contributed by atoms with E-state index in [1.165, 1.54) is 13.0 Å². The summed E-state index contributed by atoms with van der Waals surface area (Å²) in [5, 5.41) is 0.741. The molecule has 0 amide bonds. The van der Waals surface area contributed by atoms with Crippen molar-refractivity contribution in [2.45, 2.75) is 37.2 Å². The molecule has 0 bridgehead atoms. The molecule has 1 fully saturated rings. The van der Waals surface area contributed by atoms with Gasteiger partial charge in [0.1, 0.15) is 0 Å². The van der Waals surface area contributed by atoms with Gasteiger partial charge in [0.05, 0.1) is 0 Å². The van der Waals surface area contributed by atoms with Gasteiger partial charge < -0.3 is 4.90 Å². The second-order valence-electron chi connectivity index (χ2n) is 3.90. The second kappa shape index (κ2) is 4.38. The quantitative estimate of drug-likeness (QED) is 0.651. The molecular formula is C9H19NOS. The minimum atomic E-state index is -0.621. The number of nitrogens with zero attached hydrogens (tertiary/aromatic N) is 1. The molecule has 72 valence electrons. The van der Waals surface area contributed by atoms with Gasteiger partial charge in [0.25, 0.3) is 0 Å². The molecule has 0 aromatic carbocycles. The normalized spacial score (nSPS) is 29.2. The van der Waals surface area contributed by atoms with E-state index in [4.69, 9.17) is 0 Å². The van der Waals surface area contributed by atoms with E-state index in [1.807, 2.05) is 13.8 Å². The maximum absolute atomic E-state index is 11.7. The number of likely N-dealkylation sites (tertiary alicyclic amines) is 1. The van der Waals surface area contributed by atoms with Gasteiger partial charge in [0, 0.05) is 27.8 Å². The molecule has 2 atom stereocenters. The fourth-order valence-corrected chi connectivity index (χ4v) is 3.26. The average molecular weight is 189 g/mol. The molecule has 1 aliphatic heterocycles. The van der Waals surface area contributed by atoms with Gasteiger partial charge in [-0.2, -0.15) is 0 Å². The third-order valence-corrected chi connectivity index (χ3v) is 4.35. The van der Waals surface area contributed by atoms with Crippen LogP contribution in [-0.4, -0.2) is 39.7 Å². The molecule has 1 heterocycles. The Bertz CT molecular complexity index is 170. The monoisotopic (exact) mass is 189 g/mol. The second-order valence-corrected chi connectivity index (χ2v) is 6.17. The Morgan fingerprint density at radius 2 is 2.17 bits per heavy atom. The maximum Gasteiger partial charge on any atom is 0.0478 e. The summed E-state index contributed by atoms with van der Waals surface area (Å²) in [5.74, 6) is 0. The molecule has 0 aliphatic carbocycles. The van der Waals surface area contributed by atoms with E-state index in [1.54, 1.807) is 0 Å². The van der Waals surface area contributed by atoms with Crippen LogP contribution in [0.5, 0.6) is 0 Å². The Morgan fingerprint density at radius 1 is 1.50 bits per heavy atom. The SMILES string of the molecule is CC(C)S(=O)[C@@H]1CCCN(C)C1. The van der Waals surface area contributed by atoms with Crippen LogP contribution >= 0.6 is 0 Å². The highest BCUT2D eigenvalue weighted by Gasteiger charge is 2.23. The first-order chi connectivity index (χ1) is 5.61. The van der Waals surface area contributed by atoms with Gasteiger partial charge in [-0.3, -0.25) is 4.21 Å². The fourth-order valence-electron chi connectivity index (χ4n) is 1.69. The van der Waals surface area contributed by atoms with Crippen LogP contribution in [0.25, 0.3) is 0 Å². The smallest absolute Gasteiger partial charge is 0.0478 e. The van der Waals surface area contributed by atoms with Gasteiger partial charge in [0.2, 0.25) is 0 Å². The number of hydrogen-bond donors (Lipinski definition) is 0. The third kappa shape index (κ3) is 2.56. The Labute approximate surface area is 77.8 Å². The van der Waals surface area contributed by atoms with Crippen LogP contribution in [0.15, 0.2) is 0 Å². The molecule has 0 aromatic rings. The average Bonchev–Trinajstić information content (AvgIpc) is 2.03. The van der Waals surface area contributed by atoms with E-state index in [2.05, 4.69) is 11.9 Å². The number of rotatable bonds is 2. The summed E-state index contributed by atoms with van der Waals surface area (Å²) in [6.45, 7) is 6.28. The highest BCUT2D eigenvalue weighted by atomic mass is 32.2. The summed E-state index contributed by atoms with van der Waals surface area (Å²) in [4.78, 5) is 2.29. The van der Waals surface area contributed by atoms with Crippen LogP contribution < -0.4 is 0 Å². The Kier molecular flexibility index (Phi) is 3.72. The lowest BCUT2D eigenvalue weighted by molar-refractivity contribution is 0.280. The highest BCUT2D eigenvalue weighted by molar-refractivity contribution is 7.86. The lowest BCUT2D eigenvalue weighted by Crippen LogP contribution is -2.39. The molecule has 0 spiro atoms. The van der Waals surface area contributed by atoms with Gasteiger partial charge in [-0.15, -0.1) is 0 Å². The van der Waals surface area contributed by atoms with Crippen LogP contribution in [0, 0.1) is 0 Å². The van der Waals surface area contributed by atoms with E-state index < -0.39 is 10.8 Å². The van der Waals surface area contributed by atoms with Gasteiger partial charge in [0.15, 0.2) is 0 Å². The van der Waals surface area contributed by atoms with Crippen molar-refractivity contribution in [3.63, 3.8) is 0 Å². The van der Waals surface area contributed by atoms with Crippen LogP contribution in [0.3, 0.4) is 0 Å². The zero-order valence-electron chi connectivity index (χ0n) is 8.25. The minimum absolute atomic E-state index is 0.321. The lowest BCUT2D eigenvalue weighted by Gasteiger charge is -2.29. The fraction of sp³-hybridized carbons (Fsp3) is 1.00. The van der Waals surface area contributed by atoms with Crippen LogP contribution in [0.4, 0.5) is 0 Å². The Balaban J connectivity index is 2.46. The molecule has 0 saturated carbocycles. The summed E-state index contributed by atoms with van der Waals surface area (Å²) < 4.78 is 11.7. The molecule has 1 saturated heterocycles. The summed E-state index contributed by atoms with van der Waals surface area (Å²) in [6.07, 6.45) is 2.36. The topological polar surface area (TPSA) is 20.3 Å². The van der Waals surface area contributed by atoms with E-state index in [0.29, 0.717) is 10.5 Å². The third-order valence-electron chi connectivity index (χ3n) is 2.37. The van der Waals surface area contributed by atoms with Crippen molar-refractivity contribution in [1.29, 1.82) is 0 Å². The first kappa shape index (κ1) is 10.2. The first-order valence-corrected chi connectivity index (χ1v) is 5.97. The van der Waals surface area contributed by atoms with Crippen molar-refractivity contribution >= 4 is 10.8 Å². The lowest BCUT2D eigenvalue weighted by atomic mass is 10.1. The molecule has 0 radical (unpaired) electrons. The van der Waals surface area contributed by atoms with Crippen molar-refractivity contribution in [1.82, 2.24) is 4.90 Å². The predicted molar refractivity (Wildman–Crippen MR) is 53.8 cm³/mol. The summed E-state index contributed by atoms with van der Waals surface area (Å²) >= 11 is 0. The predicted octanol–water partition coefficient (Wildman–Crippen LogP) is 1.24. The van der Waals surface area contributed by atoms with Crippen LogP contribution in [0.2, 0.25) is 0 Å².